The predicted molar refractivity (Wildman–Crippen MR) is 98.5 cm³/mol. The highest BCUT2D eigenvalue weighted by molar-refractivity contribution is 5.81. The van der Waals surface area contributed by atoms with Crippen LogP contribution in [0.4, 0.5) is 4.39 Å². The Hall–Kier alpha value is -2.66. The molecule has 0 spiro atoms. The highest BCUT2D eigenvalue weighted by Crippen LogP contribution is 2.29. The van der Waals surface area contributed by atoms with Crippen LogP contribution in [0, 0.1) is 19.7 Å². The number of nitrogens with one attached hydrogen (secondary N) is 1. The summed E-state index contributed by atoms with van der Waals surface area (Å²) in [6, 6.07) is 10.2. The minimum atomic E-state index is -0.837. The molecule has 0 fully saturated rings. The first-order valence-electron chi connectivity index (χ1n) is 8.74. The standard InChI is InChI=1S/C21H21FN2O2/c1-12-5-15-10-24(11-16(15)6-13(12)2)20(21(25)26)9-18-7-14-3-4-17(22)8-19(14)23-18/h3-8,20,23H,9-11H2,1-2H3,(H,25,26)/t20-/m1/s1. The molecule has 4 nitrogen and oxygen atoms in total. The van der Waals surface area contributed by atoms with E-state index >= 15 is 0 Å². The zero-order chi connectivity index (χ0) is 18.4. The Bertz CT molecular complexity index is 978. The van der Waals surface area contributed by atoms with E-state index < -0.39 is 12.0 Å². The zero-order valence-electron chi connectivity index (χ0n) is 14.8. The maximum Gasteiger partial charge on any atom is 0.321 e. The second-order valence-electron chi connectivity index (χ2n) is 7.19. The molecule has 134 valence electrons. The zero-order valence-corrected chi connectivity index (χ0v) is 14.8. The fourth-order valence-electron chi connectivity index (χ4n) is 3.79. The van der Waals surface area contributed by atoms with Crippen LogP contribution in [0.25, 0.3) is 10.9 Å². The van der Waals surface area contributed by atoms with Gasteiger partial charge in [-0.3, -0.25) is 9.69 Å². The molecule has 4 rings (SSSR count). The van der Waals surface area contributed by atoms with E-state index in [4.69, 9.17) is 0 Å². The molecule has 1 aliphatic rings. The summed E-state index contributed by atoms with van der Waals surface area (Å²) in [5, 5.41) is 10.7. The topological polar surface area (TPSA) is 56.3 Å². The Labute approximate surface area is 151 Å². The fraction of sp³-hybridized carbons (Fsp3) is 0.286. The predicted octanol–water partition coefficient (Wildman–Crippen LogP) is 3.94. The Morgan fingerprint density at radius 1 is 1.15 bits per heavy atom. The monoisotopic (exact) mass is 352 g/mol. The number of hydrogen-bond donors (Lipinski definition) is 2. The Morgan fingerprint density at radius 3 is 2.42 bits per heavy atom. The molecule has 26 heavy (non-hydrogen) atoms. The average molecular weight is 352 g/mol. The lowest BCUT2D eigenvalue weighted by Gasteiger charge is -2.23. The SMILES string of the molecule is Cc1cc2c(cc1C)CN([C@H](Cc1cc3ccc(F)cc3[nH]1)C(=O)O)C2. The van der Waals surface area contributed by atoms with Gasteiger partial charge in [0.15, 0.2) is 0 Å². The summed E-state index contributed by atoms with van der Waals surface area (Å²) in [7, 11) is 0. The number of carboxylic acid groups (broad SMARTS) is 1. The number of aromatic amines is 1. The van der Waals surface area contributed by atoms with Crippen LogP contribution in [0.3, 0.4) is 0 Å². The maximum atomic E-state index is 13.4. The number of aliphatic carboxylic acids is 1. The van der Waals surface area contributed by atoms with Crippen LogP contribution >= 0.6 is 0 Å². The van der Waals surface area contributed by atoms with Gasteiger partial charge in [-0.25, -0.2) is 4.39 Å². The number of rotatable bonds is 4. The van der Waals surface area contributed by atoms with Crippen molar-refractivity contribution in [2.75, 3.05) is 0 Å². The molecule has 0 saturated heterocycles. The lowest BCUT2D eigenvalue weighted by atomic mass is 10.0. The van der Waals surface area contributed by atoms with E-state index in [2.05, 4.69) is 31.0 Å². The molecule has 0 unspecified atom stereocenters. The maximum absolute atomic E-state index is 13.4. The Kier molecular flexibility index (Phi) is 4.04. The van der Waals surface area contributed by atoms with Gasteiger partial charge in [-0.15, -0.1) is 0 Å². The van der Waals surface area contributed by atoms with Crippen molar-refractivity contribution in [1.29, 1.82) is 0 Å². The summed E-state index contributed by atoms with van der Waals surface area (Å²) in [4.78, 5) is 17.1. The van der Waals surface area contributed by atoms with E-state index in [1.165, 1.54) is 34.4 Å². The number of fused-ring (bicyclic) bond motifs is 2. The third-order valence-corrected chi connectivity index (χ3v) is 5.34. The highest BCUT2D eigenvalue weighted by Gasteiger charge is 2.31. The van der Waals surface area contributed by atoms with Gasteiger partial charge in [-0.1, -0.05) is 12.1 Å². The van der Waals surface area contributed by atoms with Gasteiger partial charge < -0.3 is 10.1 Å². The molecule has 1 aromatic heterocycles. The summed E-state index contributed by atoms with van der Waals surface area (Å²) >= 11 is 0. The van der Waals surface area contributed by atoms with Gasteiger partial charge >= 0.3 is 5.97 Å². The Morgan fingerprint density at radius 2 is 1.81 bits per heavy atom. The molecule has 0 saturated carbocycles. The van der Waals surface area contributed by atoms with E-state index in [1.54, 1.807) is 6.07 Å². The first-order chi connectivity index (χ1) is 12.4. The Balaban J connectivity index is 1.59. The van der Waals surface area contributed by atoms with E-state index in [0.29, 0.717) is 25.0 Å². The van der Waals surface area contributed by atoms with E-state index in [9.17, 15) is 14.3 Å². The molecule has 3 aromatic rings. The molecule has 0 radical (unpaired) electrons. The number of carboxylic acids is 1. The quantitative estimate of drug-likeness (QED) is 0.748. The number of aryl methyl sites for hydroxylation is 2. The fourth-order valence-corrected chi connectivity index (χ4v) is 3.79. The summed E-state index contributed by atoms with van der Waals surface area (Å²) in [5.41, 5.74) is 6.38. The number of H-pyrrole nitrogens is 1. The van der Waals surface area contributed by atoms with Crippen molar-refractivity contribution in [3.8, 4) is 0 Å². The molecule has 0 amide bonds. The molecular formula is C21H21FN2O2. The van der Waals surface area contributed by atoms with Crippen molar-refractivity contribution in [3.05, 3.63) is 70.2 Å². The van der Waals surface area contributed by atoms with Crippen molar-refractivity contribution in [1.82, 2.24) is 9.88 Å². The normalized spacial score (nSPS) is 15.3. The van der Waals surface area contributed by atoms with Crippen LogP contribution in [0.1, 0.15) is 27.9 Å². The van der Waals surface area contributed by atoms with E-state index in [0.717, 1.165) is 11.1 Å². The molecule has 2 heterocycles. The summed E-state index contributed by atoms with van der Waals surface area (Å²) in [6.07, 6.45) is 0.359. The minimum absolute atomic E-state index is 0.304. The van der Waals surface area contributed by atoms with Crippen LogP contribution in [0.15, 0.2) is 36.4 Å². The lowest BCUT2D eigenvalue weighted by Crippen LogP contribution is -2.39. The smallest absolute Gasteiger partial charge is 0.321 e. The summed E-state index contributed by atoms with van der Waals surface area (Å²) in [6.45, 7) is 5.44. The molecule has 5 heteroatoms. The molecule has 0 bridgehead atoms. The molecule has 2 N–H and O–H groups in total. The molecule has 1 atom stereocenters. The van der Waals surface area contributed by atoms with Gasteiger partial charge in [0.1, 0.15) is 11.9 Å². The van der Waals surface area contributed by atoms with Crippen LogP contribution in [-0.4, -0.2) is 27.0 Å². The van der Waals surface area contributed by atoms with Crippen molar-refractivity contribution in [3.63, 3.8) is 0 Å². The first kappa shape index (κ1) is 16.8. The van der Waals surface area contributed by atoms with Gasteiger partial charge in [0.25, 0.3) is 0 Å². The number of halogens is 1. The van der Waals surface area contributed by atoms with Gasteiger partial charge in [0.05, 0.1) is 0 Å². The van der Waals surface area contributed by atoms with Crippen LogP contribution in [-0.2, 0) is 24.3 Å². The van der Waals surface area contributed by atoms with Gasteiger partial charge in [0, 0.05) is 30.7 Å². The lowest BCUT2D eigenvalue weighted by molar-refractivity contribution is -0.143. The van der Waals surface area contributed by atoms with E-state index in [1.807, 2.05) is 11.0 Å². The van der Waals surface area contributed by atoms with Crippen molar-refractivity contribution in [2.24, 2.45) is 0 Å². The summed E-state index contributed by atoms with van der Waals surface area (Å²) in [5.74, 6) is -1.14. The van der Waals surface area contributed by atoms with Crippen LogP contribution in [0.5, 0.6) is 0 Å². The van der Waals surface area contributed by atoms with Crippen LogP contribution in [0.2, 0.25) is 0 Å². The second-order valence-corrected chi connectivity index (χ2v) is 7.19. The van der Waals surface area contributed by atoms with E-state index in [-0.39, 0.29) is 5.82 Å². The number of benzene rings is 2. The number of nitrogens with zero attached hydrogens (tertiary/aromatic N) is 1. The summed E-state index contributed by atoms with van der Waals surface area (Å²) < 4.78 is 13.4. The molecule has 1 aliphatic heterocycles. The van der Waals surface area contributed by atoms with Crippen LogP contribution < -0.4 is 0 Å². The van der Waals surface area contributed by atoms with Gasteiger partial charge in [-0.05, 0) is 65.8 Å². The first-order valence-corrected chi connectivity index (χ1v) is 8.74. The van der Waals surface area contributed by atoms with Crippen molar-refractivity contribution in [2.45, 2.75) is 39.4 Å². The largest absolute Gasteiger partial charge is 0.480 e. The van der Waals surface area contributed by atoms with Crippen molar-refractivity contribution < 1.29 is 14.3 Å². The second kappa shape index (κ2) is 6.25. The molecule has 2 aromatic carbocycles. The number of carbonyl (C=O) groups is 1. The third-order valence-electron chi connectivity index (χ3n) is 5.34. The van der Waals surface area contributed by atoms with Crippen molar-refractivity contribution >= 4 is 16.9 Å². The minimum Gasteiger partial charge on any atom is -0.480 e. The molecule has 0 aliphatic carbocycles. The van der Waals surface area contributed by atoms with Gasteiger partial charge in [-0.2, -0.15) is 0 Å². The average Bonchev–Trinajstić information content (AvgIpc) is 3.15. The van der Waals surface area contributed by atoms with Gasteiger partial charge in [0.2, 0.25) is 0 Å². The highest BCUT2D eigenvalue weighted by atomic mass is 19.1. The number of aromatic nitrogens is 1. The number of hydrogen-bond acceptors (Lipinski definition) is 2. The molecular weight excluding hydrogens is 331 g/mol. The third kappa shape index (κ3) is 2.99.